The molecule has 0 fully saturated rings. The molecule has 18 heavy (non-hydrogen) atoms. The van der Waals surface area contributed by atoms with Gasteiger partial charge in [-0.05, 0) is 25.5 Å². The highest BCUT2D eigenvalue weighted by Gasteiger charge is 2.21. The maximum absolute atomic E-state index is 11.4. The highest BCUT2D eigenvalue weighted by atomic mass is 16.5. The molecular formula is C14H20N2O2. The van der Waals surface area contributed by atoms with E-state index in [1.807, 2.05) is 32.0 Å². The lowest BCUT2D eigenvalue weighted by atomic mass is 10.1. The van der Waals surface area contributed by atoms with Crippen LogP contribution in [-0.2, 0) is 11.2 Å². The van der Waals surface area contributed by atoms with Crippen LogP contribution in [0.3, 0.4) is 0 Å². The second-order valence-corrected chi connectivity index (χ2v) is 4.90. The molecule has 1 aromatic rings. The van der Waals surface area contributed by atoms with E-state index in [0.29, 0.717) is 13.1 Å². The molecule has 1 heterocycles. The third-order valence-electron chi connectivity index (χ3n) is 2.82. The Balaban J connectivity index is 1.69. The topological polar surface area (TPSA) is 50.4 Å². The lowest BCUT2D eigenvalue weighted by Crippen LogP contribution is -2.40. The minimum absolute atomic E-state index is 0.0283. The van der Waals surface area contributed by atoms with Crippen molar-refractivity contribution in [2.24, 2.45) is 0 Å². The molecule has 0 saturated carbocycles. The quantitative estimate of drug-likeness (QED) is 0.820. The van der Waals surface area contributed by atoms with Crippen LogP contribution in [0.25, 0.3) is 0 Å². The fraction of sp³-hybridized carbons (Fsp3) is 0.500. The number of nitrogens with one attached hydrogen (secondary N) is 2. The molecule has 1 aliphatic rings. The molecule has 1 aliphatic heterocycles. The molecular weight excluding hydrogens is 228 g/mol. The highest BCUT2D eigenvalue weighted by molar-refractivity contribution is 5.78. The minimum atomic E-state index is 0.0283. The number of carbonyl (C=O) groups excluding carboxylic acids is 1. The van der Waals surface area contributed by atoms with Gasteiger partial charge in [-0.15, -0.1) is 0 Å². The summed E-state index contributed by atoms with van der Waals surface area (Å²) in [4.78, 5) is 11.4. The van der Waals surface area contributed by atoms with E-state index in [9.17, 15) is 4.79 Å². The molecule has 2 rings (SSSR count). The van der Waals surface area contributed by atoms with Gasteiger partial charge in [0.2, 0.25) is 5.91 Å². The van der Waals surface area contributed by atoms with Gasteiger partial charge in [0.15, 0.2) is 0 Å². The van der Waals surface area contributed by atoms with Gasteiger partial charge in [0.1, 0.15) is 11.9 Å². The van der Waals surface area contributed by atoms with E-state index >= 15 is 0 Å². The van der Waals surface area contributed by atoms with Gasteiger partial charge in [-0.2, -0.15) is 0 Å². The zero-order chi connectivity index (χ0) is 13.0. The third-order valence-corrected chi connectivity index (χ3v) is 2.82. The molecule has 0 radical (unpaired) electrons. The second-order valence-electron chi connectivity index (χ2n) is 4.90. The van der Waals surface area contributed by atoms with Crippen molar-refractivity contribution >= 4 is 5.91 Å². The molecule has 2 N–H and O–H groups in total. The molecule has 98 valence electrons. The number of amides is 1. The number of ether oxygens (including phenoxy) is 1. The molecule has 1 amide bonds. The van der Waals surface area contributed by atoms with Crippen molar-refractivity contribution < 1.29 is 9.53 Å². The van der Waals surface area contributed by atoms with Crippen LogP contribution in [0, 0.1) is 0 Å². The van der Waals surface area contributed by atoms with Gasteiger partial charge < -0.3 is 15.4 Å². The first-order valence-electron chi connectivity index (χ1n) is 6.40. The highest BCUT2D eigenvalue weighted by Crippen LogP contribution is 2.27. The summed E-state index contributed by atoms with van der Waals surface area (Å²) in [5.74, 6) is 0.997. The minimum Gasteiger partial charge on any atom is -0.488 e. The average Bonchev–Trinajstić information content (AvgIpc) is 2.70. The first kappa shape index (κ1) is 12.9. The number of fused-ring (bicyclic) bond motifs is 1. The molecule has 0 aliphatic carbocycles. The van der Waals surface area contributed by atoms with Crippen molar-refractivity contribution in [1.29, 1.82) is 0 Å². The monoisotopic (exact) mass is 248 g/mol. The molecule has 0 saturated heterocycles. The maximum atomic E-state index is 11.4. The largest absolute Gasteiger partial charge is 0.488 e. The fourth-order valence-corrected chi connectivity index (χ4v) is 2.09. The number of benzene rings is 1. The Labute approximate surface area is 108 Å². The number of para-hydroxylation sites is 1. The van der Waals surface area contributed by atoms with Crippen LogP contribution in [0.4, 0.5) is 0 Å². The van der Waals surface area contributed by atoms with Crippen molar-refractivity contribution in [3.05, 3.63) is 29.8 Å². The molecule has 4 heteroatoms. The normalized spacial score (nSPS) is 17.4. The molecule has 0 bridgehead atoms. The van der Waals surface area contributed by atoms with E-state index in [4.69, 9.17) is 4.74 Å². The van der Waals surface area contributed by atoms with Crippen LogP contribution >= 0.6 is 0 Å². The van der Waals surface area contributed by atoms with Gasteiger partial charge in [0, 0.05) is 19.0 Å². The number of rotatable bonds is 5. The molecule has 1 aromatic carbocycles. The number of hydrogen-bond acceptors (Lipinski definition) is 3. The van der Waals surface area contributed by atoms with Crippen molar-refractivity contribution in [3.63, 3.8) is 0 Å². The van der Waals surface area contributed by atoms with Crippen LogP contribution in [0.1, 0.15) is 19.4 Å². The van der Waals surface area contributed by atoms with Gasteiger partial charge >= 0.3 is 0 Å². The summed E-state index contributed by atoms with van der Waals surface area (Å²) in [7, 11) is 0. The van der Waals surface area contributed by atoms with Gasteiger partial charge in [-0.3, -0.25) is 4.79 Å². The summed E-state index contributed by atoms with van der Waals surface area (Å²) in [6.07, 6.45) is 1.05. The second kappa shape index (κ2) is 5.87. The van der Waals surface area contributed by atoms with Gasteiger partial charge in [-0.1, -0.05) is 18.2 Å². The SMILES string of the molecule is CC(C)NC(=O)CNCC1Cc2ccccc2O1. The van der Waals surface area contributed by atoms with Crippen molar-refractivity contribution in [2.45, 2.75) is 32.4 Å². The summed E-state index contributed by atoms with van der Waals surface area (Å²) in [6, 6.07) is 8.26. The van der Waals surface area contributed by atoms with E-state index in [1.165, 1.54) is 5.56 Å². The first-order chi connectivity index (χ1) is 8.65. The Morgan fingerprint density at radius 3 is 2.94 bits per heavy atom. The van der Waals surface area contributed by atoms with Crippen LogP contribution in [0.15, 0.2) is 24.3 Å². The third kappa shape index (κ3) is 3.47. The zero-order valence-electron chi connectivity index (χ0n) is 10.9. The fourth-order valence-electron chi connectivity index (χ4n) is 2.09. The summed E-state index contributed by atoms with van der Waals surface area (Å²) >= 11 is 0. The van der Waals surface area contributed by atoms with E-state index in [1.54, 1.807) is 0 Å². The van der Waals surface area contributed by atoms with Crippen molar-refractivity contribution in [1.82, 2.24) is 10.6 Å². The Bertz CT molecular complexity index is 393. The van der Waals surface area contributed by atoms with E-state index in [2.05, 4.69) is 16.7 Å². The van der Waals surface area contributed by atoms with Gasteiger partial charge in [0.25, 0.3) is 0 Å². The first-order valence-corrected chi connectivity index (χ1v) is 6.40. The molecule has 1 unspecified atom stereocenters. The standard InChI is InChI=1S/C14H20N2O2/c1-10(2)16-14(17)9-15-8-12-7-11-5-3-4-6-13(11)18-12/h3-6,10,12,15H,7-9H2,1-2H3,(H,16,17). The van der Waals surface area contributed by atoms with Gasteiger partial charge in [-0.25, -0.2) is 0 Å². The number of carbonyl (C=O) groups is 1. The van der Waals surface area contributed by atoms with Gasteiger partial charge in [0.05, 0.1) is 6.54 Å². The van der Waals surface area contributed by atoms with Crippen molar-refractivity contribution in [3.8, 4) is 5.75 Å². The summed E-state index contributed by atoms with van der Waals surface area (Å²) in [6.45, 7) is 4.94. The Kier molecular flexibility index (Phi) is 4.20. The average molecular weight is 248 g/mol. The summed E-state index contributed by atoms with van der Waals surface area (Å²) in [5, 5.41) is 5.97. The lowest BCUT2D eigenvalue weighted by molar-refractivity contribution is -0.120. The van der Waals surface area contributed by atoms with Crippen LogP contribution in [0.5, 0.6) is 5.75 Å². The van der Waals surface area contributed by atoms with Crippen molar-refractivity contribution in [2.75, 3.05) is 13.1 Å². The van der Waals surface area contributed by atoms with E-state index in [0.717, 1.165) is 12.2 Å². The Hall–Kier alpha value is -1.55. The molecule has 0 aromatic heterocycles. The predicted octanol–water partition coefficient (Wildman–Crippen LogP) is 1.10. The Morgan fingerprint density at radius 1 is 1.44 bits per heavy atom. The molecule has 4 nitrogen and oxygen atoms in total. The number of hydrogen-bond donors (Lipinski definition) is 2. The van der Waals surface area contributed by atoms with Crippen LogP contribution < -0.4 is 15.4 Å². The van der Waals surface area contributed by atoms with E-state index in [-0.39, 0.29) is 18.1 Å². The molecule has 1 atom stereocenters. The molecule has 0 spiro atoms. The Morgan fingerprint density at radius 2 is 2.22 bits per heavy atom. The smallest absolute Gasteiger partial charge is 0.234 e. The maximum Gasteiger partial charge on any atom is 0.234 e. The zero-order valence-corrected chi connectivity index (χ0v) is 10.9. The predicted molar refractivity (Wildman–Crippen MR) is 70.7 cm³/mol. The van der Waals surface area contributed by atoms with Crippen LogP contribution in [0.2, 0.25) is 0 Å². The summed E-state index contributed by atoms with van der Waals surface area (Å²) in [5.41, 5.74) is 1.25. The summed E-state index contributed by atoms with van der Waals surface area (Å²) < 4.78 is 5.78. The van der Waals surface area contributed by atoms with Crippen LogP contribution in [-0.4, -0.2) is 31.1 Å². The van der Waals surface area contributed by atoms with E-state index < -0.39 is 0 Å². The lowest BCUT2D eigenvalue weighted by Gasteiger charge is -2.13.